The number of nitrogens with one attached hydrogen (secondary N) is 2. The highest BCUT2D eigenvalue weighted by Crippen LogP contribution is 2.25. The van der Waals surface area contributed by atoms with E-state index in [2.05, 4.69) is 45.6 Å². The Morgan fingerprint density at radius 1 is 1.21 bits per heavy atom. The number of benzene rings is 1. The highest BCUT2D eigenvalue weighted by Gasteiger charge is 2.05. The molecule has 0 fully saturated rings. The second kappa shape index (κ2) is 4.72. The number of rotatable bonds is 3. The second-order valence-electron chi connectivity index (χ2n) is 4.70. The highest BCUT2D eigenvalue weighted by atomic mass is 15.1. The van der Waals surface area contributed by atoms with E-state index in [9.17, 15) is 0 Å². The van der Waals surface area contributed by atoms with Crippen molar-refractivity contribution < 1.29 is 0 Å². The molecule has 0 bridgehead atoms. The van der Waals surface area contributed by atoms with Crippen molar-refractivity contribution >= 4 is 16.6 Å². The molecule has 1 aromatic carbocycles. The van der Waals surface area contributed by atoms with Crippen LogP contribution < -0.4 is 5.32 Å². The first-order chi connectivity index (χ1) is 9.25. The quantitative estimate of drug-likeness (QED) is 0.752. The van der Waals surface area contributed by atoms with Gasteiger partial charge in [-0.25, -0.2) is 0 Å². The summed E-state index contributed by atoms with van der Waals surface area (Å²) >= 11 is 0. The smallest absolute Gasteiger partial charge is 0.0751 e. The van der Waals surface area contributed by atoms with Gasteiger partial charge < -0.3 is 5.32 Å². The molecule has 0 spiro atoms. The minimum atomic E-state index is 0.759. The minimum absolute atomic E-state index is 0.759. The molecule has 4 heteroatoms. The number of aryl methyl sites for hydroxylation is 2. The molecule has 0 amide bonds. The maximum absolute atomic E-state index is 4.45. The molecule has 0 saturated carbocycles. The fraction of sp³-hybridized carbons (Fsp3) is 0.200. The van der Waals surface area contributed by atoms with Gasteiger partial charge in [-0.2, -0.15) is 5.10 Å². The van der Waals surface area contributed by atoms with Gasteiger partial charge in [-0.3, -0.25) is 10.1 Å². The summed E-state index contributed by atoms with van der Waals surface area (Å²) in [7, 11) is 0. The Labute approximate surface area is 111 Å². The van der Waals surface area contributed by atoms with Gasteiger partial charge in [0.15, 0.2) is 0 Å². The van der Waals surface area contributed by atoms with Crippen LogP contribution in [0.1, 0.15) is 16.8 Å². The van der Waals surface area contributed by atoms with Crippen molar-refractivity contribution in [1.82, 2.24) is 15.2 Å². The lowest BCUT2D eigenvalue weighted by Gasteiger charge is -2.10. The summed E-state index contributed by atoms with van der Waals surface area (Å²) in [4.78, 5) is 4.45. The monoisotopic (exact) mass is 252 g/mol. The van der Waals surface area contributed by atoms with Gasteiger partial charge >= 0.3 is 0 Å². The van der Waals surface area contributed by atoms with Crippen molar-refractivity contribution in [3.05, 3.63) is 53.5 Å². The van der Waals surface area contributed by atoms with Gasteiger partial charge in [-0.15, -0.1) is 0 Å². The Morgan fingerprint density at radius 2 is 2.11 bits per heavy atom. The Morgan fingerprint density at radius 3 is 2.89 bits per heavy atom. The van der Waals surface area contributed by atoms with Crippen molar-refractivity contribution in [1.29, 1.82) is 0 Å². The number of hydrogen-bond acceptors (Lipinski definition) is 3. The minimum Gasteiger partial charge on any atom is -0.380 e. The first-order valence-corrected chi connectivity index (χ1v) is 6.33. The van der Waals surface area contributed by atoms with E-state index < -0.39 is 0 Å². The summed E-state index contributed by atoms with van der Waals surface area (Å²) in [5.74, 6) is 0. The maximum atomic E-state index is 4.45. The number of hydrogen-bond donors (Lipinski definition) is 2. The van der Waals surface area contributed by atoms with Crippen LogP contribution in [0, 0.1) is 13.8 Å². The fourth-order valence-corrected chi connectivity index (χ4v) is 2.21. The first-order valence-electron chi connectivity index (χ1n) is 6.33. The van der Waals surface area contributed by atoms with Crippen LogP contribution in [0.25, 0.3) is 10.9 Å². The van der Waals surface area contributed by atoms with Crippen LogP contribution in [0.5, 0.6) is 0 Å². The molecule has 0 atom stereocenters. The van der Waals surface area contributed by atoms with Crippen LogP contribution in [0.3, 0.4) is 0 Å². The summed E-state index contributed by atoms with van der Waals surface area (Å²) in [5.41, 5.74) is 5.63. The zero-order chi connectivity index (χ0) is 13.2. The number of aromatic amines is 1. The van der Waals surface area contributed by atoms with Gasteiger partial charge in [0.1, 0.15) is 0 Å². The van der Waals surface area contributed by atoms with Gasteiger partial charge in [-0.05, 0) is 37.6 Å². The van der Waals surface area contributed by atoms with Gasteiger partial charge in [-0.1, -0.05) is 6.07 Å². The molecule has 0 aliphatic rings. The zero-order valence-electron chi connectivity index (χ0n) is 11.1. The second-order valence-corrected chi connectivity index (χ2v) is 4.70. The van der Waals surface area contributed by atoms with Gasteiger partial charge in [0.25, 0.3) is 0 Å². The third-order valence-corrected chi connectivity index (χ3v) is 3.38. The molecule has 4 nitrogen and oxygen atoms in total. The van der Waals surface area contributed by atoms with Crippen LogP contribution in [-0.4, -0.2) is 15.2 Å². The van der Waals surface area contributed by atoms with Crippen molar-refractivity contribution in [2.24, 2.45) is 0 Å². The summed E-state index contributed by atoms with van der Waals surface area (Å²) in [5, 5.41) is 11.6. The van der Waals surface area contributed by atoms with E-state index in [-0.39, 0.29) is 0 Å². The van der Waals surface area contributed by atoms with Crippen LogP contribution in [-0.2, 0) is 6.54 Å². The molecule has 0 unspecified atom stereocenters. The molecule has 2 N–H and O–H groups in total. The summed E-state index contributed by atoms with van der Waals surface area (Å²) < 4.78 is 0. The SMILES string of the molecule is Cc1[nH]ncc1CNc1ccc(C)c2ncccc12. The Kier molecular flexibility index (Phi) is 2.91. The van der Waals surface area contributed by atoms with E-state index in [1.165, 1.54) is 11.1 Å². The average Bonchev–Trinajstić information content (AvgIpc) is 2.84. The van der Waals surface area contributed by atoms with E-state index in [1.807, 2.05) is 25.4 Å². The maximum Gasteiger partial charge on any atom is 0.0751 e. The largest absolute Gasteiger partial charge is 0.380 e. The van der Waals surface area contributed by atoms with Crippen molar-refractivity contribution in [2.75, 3.05) is 5.32 Å². The first kappa shape index (κ1) is 11.7. The number of pyridine rings is 1. The Hall–Kier alpha value is -2.36. The molecule has 0 aliphatic carbocycles. The Balaban J connectivity index is 1.93. The number of anilines is 1. The number of aromatic nitrogens is 3. The van der Waals surface area contributed by atoms with Gasteiger partial charge in [0.2, 0.25) is 0 Å². The summed E-state index contributed by atoms with van der Waals surface area (Å²) in [6.45, 7) is 4.87. The van der Waals surface area contributed by atoms with Crippen LogP contribution in [0.15, 0.2) is 36.7 Å². The number of fused-ring (bicyclic) bond motifs is 1. The zero-order valence-corrected chi connectivity index (χ0v) is 11.1. The third-order valence-electron chi connectivity index (χ3n) is 3.38. The normalized spacial score (nSPS) is 10.8. The molecular formula is C15H16N4. The molecule has 2 heterocycles. The lowest BCUT2D eigenvalue weighted by atomic mass is 10.1. The molecule has 19 heavy (non-hydrogen) atoms. The standard InChI is InChI=1S/C15H16N4/c1-10-5-6-14(13-4-3-7-16-15(10)13)17-8-12-9-18-19-11(12)2/h3-7,9,17H,8H2,1-2H3,(H,18,19). The van der Waals surface area contributed by atoms with Crippen molar-refractivity contribution in [2.45, 2.75) is 20.4 Å². The summed E-state index contributed by atoms with van der Waals surface area (Å²) in [6, 6.07) is 8.27. The van der Waals surface area contributed by atoms with Crippen LogP contribution in [0.2, 0.25) is 0 Å². The molecule has 0 radical (unpaired) electrons. The number of nitrogens with zero attached hydrogens (tertiary/aromatic N) is 2. The van der Waals surface area contributed by atoms with Crippen LogP contribution in [0.4, 0.5) is 5.69 Å². The predicted octanol–water partition coefficient (Wildman–Crippen LogP) is 3.19. The molecule has 3 aromatic rings. The Bertz CT molecular complexity index is 715. The van der Waals surface area contributed by atoms with E-state index >= 15 is 0 Å². The van der Waals surface area contributed by atoms with E-state index in [0.717, 1.165) is 28.8 Å². The lowest BCUT2D eigenvalue weighted by Crippen LogP contribution is -2.01. The molecule has 96 valence electrons. The van der Waals surface area contributed by atoms with Gasteiger partial charge in [0.05, 0.1) is 11.7 Å². The third kappa shape index (κ3) is 2.17. The van der Waals surface area contributed by atoms with E-state index in [0.29, 0.717) is 0 Å². The summed E-state index contributed by atoms with van der Waals surface area (Å²) in [6.07, 6.45) is 3.69. The molecule has 2 aromatic heterocycles. The van der Waals surface area contributed by atoms with Crippen molar-refractivity contribution in [3.63, 3.8) is 0 Å². The average molecular weight is 252 g/mol. The number of H-pyrrole nitrogens is 1. The molecule has 3 rings (SSSR count). The molecule has 0 saturated heterocycles. The van der Waals surface area contributed by atoms with E-state index in [4.69, 9.17) is 0 Å². The van der Waals surface area contributed by atoms with Crippen LogP contribution >= 0.6 is 0 Å². The van der Waals surface area contributed by atoms with Crippen molar-refractivity contribution in [3.8, 4) is 0 Å². The molecular weight excluding hydrogens is 236 g/mol. The molecule has 0 aliphatic heterocycles. The predicted molar refractivity (Wildman–Crippen MR) is 77.1 cm³/mol. The fourth-order valence-electron chi connectivity index (χ4n) is 2.21. The lowest BCUT2D eigenvalue weighted by molar-refractivity contribution is 1.04. The topological polar surface area (TPSA) is 53.6 Å². The van der Waals surface area contributed by atoms with E-state index in [1.54, 1.807) is 0 Å². The highest BCUT2D eigenvalue weighted by molar-refractivity contribution is 5.93. The van der Waals surface area contributed by atoms with Gasteiger partial charge in [0, 0.05) is 35.1 Å².